The summed E-state index contributed by atoms with van der Waals surface area (Å²) in [6, 6.07) is 4.45. The highest BCUT2D eigenvalue weighted by atomic mass is 35.5. The SMILES string of the molecule is C[C@@H]1CN(Cc2nc3c(c(=O)[nH]c(=O)n3C)n2Cc2c(F)cccc2Cl)C[C@@H](C)O1. The van der Waals surface area contributed by atoms with Gasteiger partial charge in [0, 0.05) is 30.7 Å². The minimum atomic E-state index is -0.567. The summed E-state index contributed by atoms with van der Waals surface area (Å²) in [6.07, 6.45) is 0.112. The Kier molecular flexibility index (Phi) is 5.52. The van der Waals surface area contributed by atoms with E-state index < -0.39 is 17.1 Å². The molecule has 0 aliphatic carbocycles. The number of nitrogens with zero attached hydrogens (tertiary/aromatic N) is 4. The van der Waals surface area contributed by atoms with Crippen molar-refractivity contribution in [2.24, 2.45) is 7.05 Å². The zero-order chi connectivity index (χ0) is 21.6. The van der Waals surface area contributed by atoms with Crippen LogP contribution in [-0.4, -0.2) is 49.3 Å². The molecule has 2 atom stereocenters. The van der Waals surface area contributed by atoms with E-state index in [0.717, 1.165) is 0 Å². The number of benzene rings is 1. The summed E-state index contributed by atoms with van der Waals surface area (Å²) in [7, 11) is 1.54. The smallest absolute Gasteiger partial charge is 0.329 e. The van der Waals surface area contributed by atoms with Gasteiger partial charge in [-0.15, -0.1) is 0 Å². The van der Waals surface area contributed by atoms with Crippen LogP contribution in [0.5, 0.6) is 0 Å². The number of hydrogen-bond donors (Lipinski definition) is 1. The predicted molar refractivity (Wildman–Crippen MR) is 111 cm³/mol. The third kappa shape index (κ3) is 3.80. The molecule has 3 aromatic rings. The highest BCUT2D eigenvalue weighted by Crippen LogP contribution is 2.23. The number of imidazole rings is 1. The fraction of sp³-hybridized carbons (Fsp3) is 0.450. The predicted octanol–water partition coefficient (Wildman–Crippen LogP) is 1.87. The number of aromatic nitrogens is 4. The first-order valence-electron chi connectivity index (χ1n) is 9.73. The molecule has 3 heterocycles. The van der Waals surface area contributed by atoms with Crippen molar-refractivity contribution in [1.29, 1.82) is 0 Å². The van der Waals surface area contributed by atoms with Crippen molar-refractivity contribution in [2.75, 3.05) is 13.1 Å². The maximum Gasteiger partial charge on any atom is 0.329 e. The van der Waals surface area contributed by atoms with Crippen molar-refractivity contribution >= 4 is 22.8 Å². The van der Waals surface area contributed by atoms with Gasteiger partial charge in [0.25, 0.3) is 5.56 Å². The van der Waals surface area contributed by atoms with Crippen molar-refractivity contribution in [1.82, 2.24) is 24.0 Å². The molecule has 0 radical (unpaired) electrons. The fourth-order valence-corrected chi connectivity index (χ4v) is 4.25. The average molecular weight is 436 g/mol. The van der Waals surface area contributed by atoms with Gasteiger partial charge in [-0.05, 0) is 26.0 Å². The van der Waals surface area contributed by atoms with Gasteiger partial charge in [0.05, 0.1) is 25.3 Å². The lowest BCUT2D eigenvalue weighted by Crippen LogP contribution is -2.45. The molecule has 0 unspecified atom stereocenters. The number of rotatable bonds is 4. The van der Waals surface area contributed by atoms with Gasteiger partial charge in [-0.25, -0.2) is 14.2 Å². The second kappa shape index (κ2) is 7.98. The molecular formula is C20H23ClFN5O3. The molecule has 0 amide bonds. The highest BCUT2D eigenvalue weighted by molar-refractivity contribution is 6.31. The van der Waals surface area contributed by atoms with E-state index >= 15 is 0 Å². The number of halogens is 2. The van der Waals surface area contributed by atoms with Gasteiger partial charge in [0.1, 0.15) is 11.6 Å². The van der Waals surface area contributed by atoms with E-state index in [1.165, 1.54) is 23.7 Å². The van der Waals surface area contributed by atoms with Crippen molar-refractivity contribution in [3.05, 3.63) is 61.3 Å². The van der Waals surface area contributed by atoms with Crippen LogP contribution in [0.15, 0.2) is 27.8 Å². The van der Waals surface area contributed by atoms with E-state index in [1.54, 1.807) is 10.6 Å². The van der Waals surface area contributed by atoms with E-state index in [4.69, 9.17) is 16.3 Å². The van der Waals surface area contributed by atoms with Crippen LogP contribution in [0.25, 0.3) is 11.2 Å². The standard InChI is InChI=1S/C20H23ClFN5O3/c1-11-7-26(8-12(2)30-11)10-16-23-18-17(19(28)24-20(29)25(18)3)27(16)9-13-14(21)5-4-6-15(13)22/h4-6,11-12H,7-10H2,1-3H3,(H,24,28,29)/t11-,12-/m1/s1. The summed E-state index contributed by atoms with van der Waals surface area (Å²) in [6.45, 7) is 5.84. The minimum absolute atomic E-state index is 0.0219. The first-order valence-corrected chi connectivity index (χ1v) is 10.1. The lowest BCUT2D eigenvalue weighted by atomic mass is 10.2. The molecule has 0 saturated carbocycles. The van der Waals surface area contributed by atoms with Crippen molar-refractivity contribution in [3.63, 3.8) is 0 Å². The molecule has 1 aliphatic rings. The molecule has 1 saturated heterocycles. The number of fused-ring (bicyclic) bond motifs is 1. The Morgan fingerprint density at radius 1 is 1.23 bits per heavy atom. The van der Waals surface area contributed by atoms with Crippen LogP contribution >= 0.6 is 11.6 Å². The molecule has 30 heavy (non-hydrogen) atoms. The first kappa shape index (κ1) is 20.8. The fourth-order valence-electron chi connectivity index (χ4n) is 4.03. The summed E-state index contributed by atoms with van der Waals surface area (Å²) in [5.41, 5.74) is -0.401. The molecule has 0 bridgehead atoms. The summed E-state index contributed by atoms with van der Waals surface area (Å²) >= 11 is 6.23. The molecule has 160 valence electrons. The molecule has 4 rings (SSSR count). The molecule has 8 nitrogen and oxygen atoms in total. The van der Waals surface area contributed by atoms with Gasteiger partial charge in [-0.1, -0.05) is 17.7 Å². The van der Waals surface area contributed by atoms with Crippen molar-refractivity contribution in [2.45, 2.75) is 39.1 Å². The van der Waals surface area contributed by atoms with E-state index in [2.05, 4.69) is 14.9 Å². The molecule has 1 fully saturated rings. The van der Waals surface area contributed by atoms with Crippen LogP contribution in [0.3, 0.4) is 0 Å². The van der Waals surface area contributed by atoms with Crippen LogP contribution in [0.1, 0.15) is 25.2 Å². The molecule has 1 N–H and O–H groups in total. The molecule has 10 heteroatoms. The third-order valence-electron chi connectivity index (χ3n) is 5.32. The van der Waals surface area contributed by atoms with Gasteiger partial charge in [0.2, 0.25) is 0 Å². The van der Waals surface area contributed by atoms with Gasteiger partial charge in [0.15, 0.2) is 11.2 Å². The quantitative estimate of drug-likeness (QED) is 0.676. The van der Waals surface area contributed by atoms with E-state index in [9.17, 15) is 14.0 Å². The number of H-pyrrole nitrogens is 1. The van der Waals surface area contributed by atoms with Crippen molar-refractivity contribution < 1.29 is 9.13 Å². The Hall–Kier alpha value is -2.49. The number of nitrogens with one attached hydrogen (secondary N) is 1. The van der Waals surface area contributed by atoms with Crippen LogP contribution in [0.2, 0.25) is 5.02 Å². The van der Waals surface area contributed by atoms with Crippen LogP contribution in [0.4, 0.5) is 4.39 Å². The van der Waals surface area contributed by atoms with Crippen LogP contribution in [-0.2, 0) is 24.9 Å². The summed E-state index contributed by atoms with van der Waals surface area (Å²) in [4.78, 5) is 33.8. The largest absolute Gasteiger partial charge is 0.373 e. The number of aryl methyl sites for hydroxylation is 1. The summed E-state index contributed by atoms with van der Waals surface area (Å²) in [5.74, 6) is 0.0856. The van der Waals surface area contributed by atoms with E-state index in [1.807, 2.05) is 13.8 Å². The lowest BCUT2D eigenvalue weighted by molar-refractivity contribution is -0.0712. The van der Waals surface area contributed by atoms with Crippen molar-refractivity contribution in [3.8, 4) is 0 Å². The zero-order valence-corrected chi connectivity index (χ0v) is 17.7. The number of morpholine rings is 1. The normalized spacial score (nSPS) is 20.2. The average Bonchev–Trinajstić information content (AvgIpc) is 3.01. The van der Waals surface area contributed by atoms with Gasteiger partial charge >= 0.3 is 5.69 Å². The third-order valence-corrected chi connectivity index (χ3v) is 5.68. The number of aromatic amines is 1. The van der Waals surface area contributed by atoms with Gasteiger partial charge < -0.3 is 9.30 Å². The maximum absolute atomic E-state index is 14.5. The van der Waals surface area contributed by atoms with E-state index in [0.29, 0.717) is 25.5 Å². The molecule has 1 aliphatic heterocycles. The highest BCUT2D eigenvalue weighted by Gasteiger charge is 2.26. The summed E-state index contributed by atoms with van der Waals surface area (Å²) in [5, 5.41) is 0.262. The van der Waals surface area contributed by atoms with Gasteiger partial charge in [-0.2, -0.15) is 0 Å². The Morgan fingerprint density at radius 3 is 2.60 bits per heavy atom. The molecule has 1 aromatic carbocycles. The number of ether oxygens (including phenoxy) is 1. The molecular weight excluding hydrogens is 413 g/mol. The van der Waals surface area contributed by atoms with Crippen LogP contribution < -0.4 is 11.2 Å². The van der Waals surface area contributed by atoms with Crippen LogP contribution in [0, 0.1) is 5.82 Å². The monoisotopic (exact) mass is 435 g/mol. The topological polar surface area (TPSA) is 85.2 Å². The second-order valence-electron chi connectivity index (χ2n) is 7.76. The Labute approximate surface area is 176 Å². The Bertz CT molecular complexity index is 1190. The molecule has 2 aromatic heterocycles. The Balaban J connectivity index is 1.85. The number of hydrogen-bond acceptors (Lipinski definition) is 5. The Morgan fingerprint density at radius 2 is 1.93 bits per heavy atom. The van der Waals surface area contributed by atoms with Gasteiger partial charge in [-0.3, -0.25) is 19.2 Å². The lowest BCUT2D eigenvalue weighted by Gasteiger charge is -2.35. The van der Waals surface area contributed by atoms with E-state index in [-0.39, 0.29) is 40.5 Å². The minimum Gasteiger partial charge on any atom is -0.373 e. The molecule has 0 spiro atoms. The summed E-state index contributed by atoms with van der Waals surface area (Å²) < 4.78 is 23.2. The maximum atomic E-state index is 14.5. The second-order valence-corrected chi connectivity index (χ2v) is 8.16. The first-order chi connectivity index (χ1) is 14.2. The zero-order valence-electron chi connectivity index (χ0n) is 17.0.